The number of benzene rings is 1. The summed E-state index contributed by atoms with van der Waals surface area (Å²) < 4.78 is 23.0. The molecule has 0 N–H and O–H groups in total. The van der Waals surface area contributed by atoms with E-state index in [4.69, 9.17) is 18.9 Å². The molecule has 1 heterocycles. The summed E-state index contributed by atoms with van der Waals surface area (Å²) in [6.07, 6.45) is 2.58. The number of allylic oxidation sites excluding steroid dienone is 1. The van der Waals surface area contributed by atoms with Gasteiger partial charge >= 0.3 is 5.97 Å². The first kappa shape index (κ1) is 22.6. The standard InChI is InChI=1S/C23H34O5/c1-17(2)20(16-27-22-12-8-9-13-25-22)14-21(23(24)28-18(3)4)26-15-19-10-6-5-7-11-19/h5-7,10-11,18,21-22H,8-9,12-16H2,1-4H3/t21-,22?/m0/s1. The number of hydrogen-bond donors (Lipinski definition) is 0. The maximum atomic E-state index is 12.6. The largest absolute Gasteiger partial charge is 0.461 e. The highest BCUT2D eigenvalue weighted by Crippen LogP contribution is 2.20. The molecule has 1 fully saturated rings. The molecule has 28 heavy (non-hydrogen) atoms. The molecule has 156 valence electrons. The van der Waals surface area contributed by atoms with Crippen molar-refractivity contribution in [2.24, 2.45) is 0 Å². The fraction of sp³-hybridized carbons (Fsp3) is 0.609. The Bertz CT molecular complexity index is 613. The number of carbonyl (C=O) groups excluding carboxylic acids is 1. The van der Waals surface area contributed by atoms with Crippen molar-refractivity contribution in [1.82, 2.24) is 0 Å². The molecule has 1 aliphatic rings. The van der Waals surface area contributed by atoms with Crippen LogP contribution in [0.3, 0.4) is 0 Å². The molecule has 0 aromatic heterocycles. The van der Waals surface area contributed by atoms with Crippen LogP contribution >= 0.6 is 0 Å². The number of rotatable bonds is 10. The van der Waals surface area contributed by atoms with E-state index >= 15 is 0 Å². The smallest absolute Gasteiger partial charge is 0.335 e. The van der Waals surface area contributed by atoms with E-state index in [1.54, 1.807) is 0 Å². The van der Waals surface area contributed by atoms with Gasteiger partial charge in [-0.25, -0.2) is 4.79 Å². The average molecular weight is 391 g/mol. The first-order valence-corrected chi connectivity index (χ1v) is 10.2. The van der Waals surface area contributed by atoms with Crippen LogP contribution in [0, 0.1) is 0 Å². The normalized spacial score (nSPS) is 18.0. The lowest BCUT2D eigenvalue weighted by Crippen LogP contribution is -2.30. The molecule has 1 aliphatic heterocycles. The maximum Gasteiger partial charge on any atom is 0.335 e. The van der Waals surface area contributed by atoms with Crippen LogP contribution in [0.4, 0.5) is 0 Å². The van der Waals surface area contributed by atoms with Gasteiger partial charge in [0, 0.05) is 13.0 Å². The van der Waals surface area contributed by atoms with Gasteiger partial charge < -0.3 is 18.9 Å². The van der Waals surface area contributed by atoms with E-state index in [1.807, 2.05) is 58.0 Å². The molecule has 0 radical (unpaired) electrons. The highest BCUT2D eigenvalue weighted by atomic mass is 16.7. The summed E-state index contributed by atoms with van der Waals surface area (Å²) in [5.74, 6) is -0.335. The van der Waals surface area contributed by atoms with Crippen LogP contribution < -0.4 is 0 Å². The molecule has 2 rings (SSSR count). The van der Waals surface area contributed by atoms with Gasteiger partial charge in [0.2, 0.25) is 0 Å². The summed E-state index contributed by atoms with van der Waals surface area (Å²) in [6.45, 7) is 9.30. The molecule has 2 atom stereocenters. The first-order valence-electron chi connectivity index (χ1n) is 10.2. The summed E-state index contributed by atoms with van der Waals surface area (Å²) in [7, 11) is 0. The predicted molar refractivity (Wildman–Crippen MR) is 109 cm³/mol. The fourth-order valence-electron chi connectivity index (χ4n) is 2.96. The summed E-state index contributed by atoms with van der Waals surface area (Å²) in [5, 5.41) is 0. The number of esters is 1. The van der Waals surface area contributed by atoms with Crippen molar-refractivity contribution in [2.75, 3.05) is 13.2 Å². The molecular formula is C23H34O5. The third-order valence-corrected chi connectivity index (χ3v) is 4.63. The zero-order chi connectivity index (χ0) is 20.4. The Morgan fingerprint density at radius 3 is 2.54 bits per heavy atom. The monoisotopic (exact) mass is 390 g/mol. The van der Waals surface area contributed by atoms with Gasteiger partial charge in [-0.15, -0.1) is 0 Å². The van der Waals surface area contributed by atoms with E-state index in [1.165, 1.54) is 0 Å². The molecule has 0 amide bonds. The zero-order valence-electron chi connectivity index (χ0n) is 17.6. The Hall–Kier alpha value is -1.69. The molecule has 0 spiro atoms. The van der Waals surface area contributed by atoms with Crippen molar-refractivity contribution in [3.05, 3.63) is 47.0 Å². The minimum atomic E-state index is -0.664. The van der Waals surface area contributed by atoms with Crippen LogP contribution in [0.2, 0.25) is 0 Å². The van der Waals surface area contributed by atoms with Crippen molar-refractivity contribution in [3.63, 3.8) is 0 Å². The topological polar surface area (TPSA) is 54.0 Å². The van der Waals surface area contributed by atoms with Crippen LogP contribution in [0.1, 0.15) is 58.9 Å². The molecule has 5 heteroatoms. The second kappa shape index (κ2) is 12.0. The van der Waals surface area contributed by atoms with Gasteiger partial charge in [0.1, 0.15) is 0 Å². The van der Waals surface area contributed by atoms with Gasteiger partial charge in [-0.3, -0.25) is 0 Å². The van der Waals surface area contributed by atoms with Gasteiger partial charge in [-0.1, -0.05) is 35.9 Å². The lowest BCUT2D eigenvalue weighted by atomic mass is 10.0. The summed E-state index contributed by atoms with van der Waals surface area (Å²) in [6, 6.07) is 9.84. The second-order valence-corrected chi connectivity index (χ2v) is 7.69. The predicted octanol–water partition coefficient (Wildman–Crippen LogP) is 4.79. The minimum absolute atomic E-state index is 0.158. The molecule has 1 saturated heterocycles. The summed E-state index contributed by atoms with van der Waals surface area (Å²) >= 11 is 0. The molecule has 0 saturated carbocycles. The van der Waals surface area contributed by atoms with E-state index in [9.17, 15) is 4.79 Å². The molecular weight excluding hydrogens is 356 g/mol. The SMILES string of the molecule is CC(C)=C(COC1CCCCO1)C[C@H](OCc1ccccc1)C(=O)OC(C)C. The molecule has 1 unspecified atom stereocenters. The van der Waals surface area contributed by atoms with Crippen LogP contribution in [0.25, 0.3) is 0 Å². The second-order valence-electron chi connectivity index (χ2n) is 7.69. The van der Waals surface area contributed by atoms with Crippen molar-refractivity contribution >= 4 is 5.97 Å². The quantitative estimate of drug-likeness (QED) is 0.424. The van der Waals surface area contributed by atoms with E-state index in [2.05, 4.69) is 0 Å². The Labute approximate surface area is 169 Å². The number of carbonyl (C=O) groups is 1. The van der Waals surface area contributed by atoms with Gasteiger partial charge in [0.15, 0.2) is 12.4 Å². The number of ether oxygens (including phenoxy) is 4. The zero-order valence-corrected chi connectivity index (χ0v) is 17.6. The Kier molecular flexibility index (Phi) is 9.68. The Morgan fingerprint density at radius 1 is 1.18 bits per heavy atom. The molecule has 0 bridgehead atoms. The molecule has 0 aliphatic carbocycles. The van der Waals surface area contributed by atoms with Crippen LogP contribution in [-0.2, 0) is 30.3 Å². The highest BCUT2D eigenvalue weighted by molar-refractivity contribution is 5.75. The van der Waals surface area contributed by atoms with E-state index < -0.39 is 6.10 Å². The lowest BCUT2D eigenvalue weighted by molar-refractivity contribution is -0.163. The van der Waals surface area contributed by atoms with E-state index in [0.29, 0.717) is 19.6 Å². The Balaban J connectivity index is 1.99. The van der Waals surface area contributed by atoms with Crippen LogP contribution in [0.15, 0.2) is 41.5 Å². The highest BCUT2D eigenvalue weighted by Gasteiger charge is 2.25. The van der Waals surface area contributed by atoms with Crippen molar-refractivity contribution in [1.29, 1.82) is 0 Å². The van der Waals surface area contributed by atoms with Crippen molar-refractivity contribution < 1.29 is 23.7 Å². The maximum absolute atomic E-state index is 12.6. The number of hydrogen-bond acceptors (Lipinski definition) is 5. The fourth-order valence-corrected chi connectivity index (χ4v) is 2.96. The summed E-state index contributed by atoms with van der Waals surface area (Å²) in [5.41, 5.74) is 3.20. The molecule has 1 aromatic carbocycles. The van der Waals surface area contributed by atoms with Gasteiger partial charge in [-0.2, -0.15) is 0 Å². The van der Waals surface area contributed by atoms with Crippen LogP contribution in [0.5, 0.6) is 0 Å². The van der Waals surface area contributed by atoms with Gasteiger partial charge in [0.25, 0.3) is 0 Å². The first-order chi connectivity index (χ1) is 13.5. The van der Waals surface area contributed by atoms with Crippen LogP contribution in [-0.4, -0.2) is 37.7 Å². The lowest BCUT2D eigenvalue weighted by Gasteiger charge is -2.25. The third-order valence-electron chi connectivity index (χ3n) is 4.63. The van der Waals surface area contributed by atoms with Crippen molar-refractivity contribution in [3.8, 4) is 0 Å². The molecule has 5 nitrogen and oxygen atoms in total. The van der Waals surface area contributed by atoms with E-state index in [-0.39, 0.29) is 18.4 Å². The van der Waals surface area contributed by atoms with Crippen molar-refractivity contribution in [2.45, 2.75) is 78.5 Å². The van der Waals surface area contributed by atoms with Gasteiger partial charge in [0.05, 0.1) is 19.3 Å². The molecule has 1 aromatic rings. The third kappa shape index (κ3) is 8.13. The van der Waals surface area contributed by atoms with Gasteiger partial charge in [-0.05, 0) is 58.1 Å². The average Bonchev–Trinajstić information content (AvgIpc) is 2.68. The minimum Gasteiger partial charge on any atom is -0.461 e. The van der Waals surface area contributed by atoms with E-state index in [0.717, 1.165) is 42.6 Å². The summed E-state index contributed by atoms with van der Waals surface area (Å²) in [4.78, 5) is 12.6. The Morgan fingerprint density at radius 2 is 1.93 bits per heavy atom.